The summed E-state index contributed by atoms with van der Waals surface area (Å²) in [5, 5.41) is 1.95. The van der Waals surface area contributed by atoms with Crippen LogP contribution in [-0.4, -0.2) is 41.1 Å². The van der Waals surface area contributed by atoms with Crippen LogP contribution in [0.15, 0.2) is 115 Å². The van der Waals surface area contributed by atoms with Gasteiger partial charge >= 0.3 is 0 Å². The highest BCUT2D eigenvalue weighted by molar-refractivity contribution is 6.30. The predicted molar refractivity (Wildman–Crippen MR) is 175 cm³/mol. The average Bonchev–Trinajstić information content (AvgIpc) is 3.06. The first kappa shape index (κ1) is 28.5. The van der Waals surface area contributed by atoms with Crippen LogP contribution in [0.5, 0.6) is 0 Å². The van der Waals surface area contributed by atoms with E-state index in [0.717, 1.165) is 15.8 Å². The Kier molecular flexibility index (Phi) is 7.18. The number of hydrogen-bond donors (Lipinski definition) is 0. The Labute approximate surface area is 265 Å². The largest absolute Gasteiger partial charge is 0.305 e. The number of nitrogens with zero attached hydrogens (tertiary/aromatic N) is 3. The number of carbonyl (C=O) groups is 4. The van der Waals surface area contributed by atoms with E-state index in [1.54, 1.807) is 58.3 Å². The van der Waals surface area contributed by atoms with Crippen LogP contribution in [0, 0.1) is 0 Å². The number of fused-ring (bicyclic) bond motifs is 1. The normalized spacial score (nSPS) is 17.3. The van der Waals surface area contributed by atoms with Gasteiger partial charge in [0, 0.05) is 44.5 Å². The second kappa shape index (κ2) is 11.3. The van der Waals surface area contributed by atoms with E-state index in [1.807, 2.05) is 73.7 Å². The minimum absolute atomic E-state index is 0.167. The summed E-state index contributed by atoms with van der Waals surface area (Å²) in [6.45, 7) is 1.53. The van der Waals surface area contributed by atoms with Crippen molar-refractivity contribution in [3.05, 3.63) is 143 Å². The lowest BCUT2D eigenvalue weighted by Crippen LogP contribution is -2.51. The maximum absolute atomic E-state index is 14.4. The molecule has 0 unspecified atom stereocenters. The molecule has 5 aromatic carbocycles. The van der Waals surface area contributed by atoms with Crippen molar-refractivity contribution in [3.63, 3.8) is 0 Å². The smallest absolute Gasteiger partial charge is 0.261 e. The number of anilines is 2. The Morgan fingerprint density at radius 1 is 0.778 bits per heavy atom. The van der Waals surface area contributed by atoms with Crippen molar-refractivity contribution in [1.82, 2.24) is 4.90 Å². The van der Waals surface area contributed by atoms with Crippen molar-refractivity contribution >= 4 is 57.4 Å². The van der Waals surface area contributed by atoms with Crippen molar-refractivity contribution in [2.45, 2.75) is 25.4 Å². The summed E-state index contributed by atoms with van der Waals surface area (Å²) >= 11 is 6.08. The second-order valence-corrected chi connectivity index (χ2v) is 11.8. The molecule has 45 heavy (non-hydrogen) atoms. The molecule has 0 aromatic heterocycles. The summed E-state index contributed by atoms with van der Waals surface area (Å²) in [7, 11) is 0. The first-order valence-corrected chi connectivity index (χ1v) is 15.1. The number of hydrogen-bond acceptors (Lipinski definition) is 4. The SMILES string of the molecule is C[C@H]1C[C@H](N(C(=O)CN2C(=O)c3cccc4cccc(c34)C2=O)c2ccccc2)c2ccccc2N1C(=O)c1ccc(Cl)cc1. The lowest BCUT2D eigenvalue weighted by molar-refractivity contribution is -0.119. The van der Waals surface area contributed by atoms with Crippen LogP contribution in [0.4, 0.5) is 11.4 Å². The summed E-state index contributed by atoms with van der Waals surface area (Å²) in [5.74, 6) is -1.57. The molecule has 2 aliphatic heterocycles. The fourth-order valence-electron chi connectivity index (χ4n) is 6.59. The molecule has 0 N–H and O–H groups in total. The Hall–Kier alpha value is -5.27. The van der Waals surface area contributed by atoms with Gasteiger partial charge < -0.3 is 9.80 Å². The van der Waals surface area contributed by atoms with Crippen molar-refractivity contribution in [3.8, 4) is 0 Å². The second-order valence-electron chi connectivity index (χ2n) is 11.3. The Balaban J connectivity index is 1.27. The van der Waals surface area contributed by atoms with Crippen molar-refractivity contribution < 1.29 is 19.2 Å². The summed E-state index contributed by atoms with van der Waals surface area (Å²) in [5.41, 5.74) is 3.42. The number of amides is 4. The molecule has 0 aliphatic carbocycles. The zero-order chi connectivity index (χ0) is 31.2. The van der Waals surface area contributed by atoms with Gasteiger partial charge in [0.1, 0.15) is 6.54 Å². The van der Waals surface area contributed by atoms with Gasteiger partial charge in [0.05, 0.1) is 6.04 Å². The van der Waals surface area contributed by atoms with Crippen LogP contribution in [0.1, 0.15) is 56.0 Å². The van der Waals surface area contributed by atoms with E-state index < -0.39 is 30.3 Å². The van der Waals surface area contributed by atoms with E-state index in [2.05, 4.69) is 0 Å². The highest BCUT2D eigenvalue weighted by Crippen LogP contribution is 2.43. The van der Waals surface area contributed by atoms with Crippen molar-refractivity contribution in [2.75, 3.05) is 16.3 Å². The quantitative estimate of drug-likeness (QED) is 0.195. The number of imide groups is 1. The third-order valence-electron chi connectivity index (χ3n) is 8.63. The topological polar surface area (TPSA) is 78.0 Å². The van der Waals surface area contributed by atoms with E-state index >= 15 is 0 Å². The molecule has 2 aliphatic rings. The molecule has 2 atom stereocenters. The van der Waals surface area contributed by atoms with Crippen molar-refractivity contribution in [1.29, 1.82) is 0 Å². The standard InChI is InChI=1S/C37H28ClN3O4/c1-23-21-32(28-13-5-6-16-31(28)40(23)35(43)25-17-19-26(38)20-18-25)41(27-11-3-2-4-12-27)33(42)22-39-36(44)29-14-7-9-24-10-8-15-30(34(24)29)37(39)45/h2-20,23,32H,21-22H2,1H3/t23-,32-/m0/s1. The molecule has 222 valence electrons. The predicted octanol–water partition coefficient (Wildman–Crippen LogP) is 7.30. The highest BCUT2D eigenvalue weighted by Gasteiger charge is 2.41. The molecule has 0 bridgehead atoms. The van der Waals surface area contributed by atoms with Crippen LogP contribution in [-0.2, 0) is 4.79 Å². The van der Waals surface area contributed by atoms with E-state index in [4.69, 9.17) is 11.6 Å². The molecule has 8 heteroatoms. The van der Waals surface area contributed by atoms with Gasteiger partial charge in [0.15, 0.2) is 0 Å². The maximum atomic E-state index is 14.4. The minimum atomic E-state index is -0.497. The molecule has 5 aromatic rings. The summed E-state index contributed by atoms with van der Waals surface area (Å²) in [6, 6.07) is 33.5. The van der Waals surface area contributed by atoms with Crippen molar-refractivity contribution in [2.24, 2.45) is 0 Å². The zero-order valence-corrected chi connectivity index (χ0v) is 25.1. The lowest BCUT2D eigenvalue weighted by Gasteiger charge is -2.44. The molecule has 4 amide bonds. The number of benzene rings is 5. The van der Waals surface area contributed by atoms with Gasteiger partial charge in [-0.2, -0.15) is 0 Å². The number of carbonyl (C=O) groups excluding carboxylic acids is 4. The minimum Gasteiger partial charge on any atom is -0.305 e. The third-order valence-corrected chi connectivity index (χ3v) is 8.89. The summed E-state index contributed by atoms with van der Waals surface area (Å²) < 4.78 is 0. The Morgan fingerprint density at radius 2 is 1.40 bits per heavy atom. The molecular weight excluding hydrogens is 586 g/mol. The highest BCUT2D eigenvalue weighted by atomic mass is 35.5. The van der Waals surface area contributed by atoms with Gasteiger partial charge in [-0.1, -0.05) is 72.3 Å². The molecule has 2 heterocycles. The van der Waals surface area contributed by atoms with Crippen LogP contribution in [0.3, 0.4) is 0 Å². The lowest BCUT2D eigenvalue weighted by atomic mass is 9.89. The molecule has 7 rings (SSSR count). The van der Waals surface area contributed by atoms with Crippen LogP contribution in [0.2, 0.25) is 5.02 Å². The molecule has 0 saturated heterocycles. The molecule has 0 fully saturated rings. The van der Waals surface area contributed by atoms with E-state index in [9.17, 15) is 19.2 Å². The average molecular weight is 614 g/mol. The van der Waals surface area contributed by atoms with Gasteiger partial charge in [0.2, 0.25) is 5.91 Å². The Morgan fingerprint density at radius 3 is 2.07 bits per heavy atom. The molecule has 0 spiro atoms. The first-order valence-electron chi connectivity index (χ1n) is 14.8. The van der Waals surface area contributed by atoms with E-state index in [0.29, 0.717) is 44.9 Å². The van der Waals surface area contributed by atoms with Gasteiger partial charge in [-0.25, -0.2) is 0 Å². The maximum Gasteiger partial charge on any atom is 0.261 e. The number of rotatable bonds is 5. The number of halogens is 1. The Bertz CT molecular complexity index is 1940. The van der Waals surface area contributed by atoms with E-state index in [1.165, 1.54) is 0 Å². The zero-order valence-electron chi connectivity index (χ0n) is 24.4. The number of para-hydroxylation sites is 2. The van der Waals surface area contributed by atoms with E-state index in [-0.39, 0.29) is 11.9 Å². The molecule has 0 radical (unpaired) electrons. The van der Waals surface area contributed by atoms with Gasteiger partial charge in [-0.3, -0.25) is 24.1 Å². The molecular formula is C37H28ClN3O4. The third kappa shape index (κ3) is 4.86. The van der Waals surface area contributed by atoms with Gasteiger partial charge in [-0.15, -0.1) is 0 Å². The first-order chi connectivity index (χ1) is 21.8. The summed E-state index contributed by atoms with van der Waals surface area (Å²) in [6.07, 6.45) is 0.432. The fraction of sp³-hybridized carbons (Fsp3) is 0.135. The van der Waals surface area contributed by atoms with Crippen LogP contribution >= 0.6 is 11.6 Å². The fourth-order valence-corrected chi connectivity index (χ4v) is 6.72. The molecule has 0 saturated carbocycles. The van der Waals surface area contributed by atoms with Crippen LogP contribution < -0.4 is 9.80 Å². The van der Waals surface area contributed by atoms with Gasteiger partial charge in [-0.05, 0) is 78.9 Å². The molecule has 7 nitrogen and oxygen atoms in total. The summed E-state index contributed by atoms with van der Waals surface area (Å²) in [4.78, 5) is 60.1. The van der Waals surface area contributed by atoms with Gasteiger partial charge in [0.25, 0.3) is 17.7 Å². The monoisotopic (exact) mass is 613 g/mol. The van der Waals surface area contributed by atoms with Crippen LogP contribution in [0.25, 0.3) is 10.8 Å².